The zero-order valence-electron chi connectivity index (χ0n) is 14.6. The van der Waals surface area contributed by atoms with Crippen LogP contribution in [0.1, 0.15) is 12.0 Å². The van der Waals surface area contributed by atoms with Crippen molar-refractivity contribution >= 4 is 12.0 Å². The first-order valence-electron chi connectivity index (χ1n) is 8.73. The molecule has 3 rings (SSSR count). The lowest BCUT2D eigenvalue weighted by molar-refractivity contribution is -0.139. The Balaban J connectivity index is 1.63. The van der Waals surface area contributed by atoms with Crippen LogP contribution in [-0.4, -0.2) is 74.4 Å². The first kappa shape index (κ1) is 17.9. The third kappa shape index (κ3) is 4.38. The third-order valence-electron chi connectivity index (χ3n) is 4.74. The molecule has 1 aromatic rings. The Morgan fingerprint density at radius 3 is 2.88 bits per heavy atom. The van der Waals surface area contributed by atoms with Gasteiger partial charge in [-0.15, -0.1) is 0 Å². The Hall–Kier alpha value is -1.92. The molecule has 2 aliphatic rings. The van der Waals surface area contributed by atoms with Gasteiger partial charge < -0.3 is 14.4 Å². The summed E-state index contributed by atoms with van der Waals surface area (Å²) in [7, 11) is 1.64. The van der Waals surface area contributed by atoms with Crippen molar-refractivity contribution < 1.29 is 18.7 Å². The van der Waals surface area contributed by atoms with E-state index >= 15 is 0 Å². The van der Waals surface area contributed by atoms with Gasteiger partial charge in [0.2, 0.25) is 5.91 Å². The van der Waals surface area contributed by atoms with Crippen molar-refractivity contribution in [3.8, 4) is 5.75 Å². The van der Waals surface area contributed by atoms with Crippen molar-refractivity contribution in [1.82, 2.24) is 9.80 Å². The molecule has 0 aromatic heterocycles. The molecule has 2 heterocycles. The molecule has 0 bridgehead atoms. The van der Waals surface area contributed by atoms with Crippen molar-refractivity contribution in [3.05, 3.63) is 35.9 Å². The third-order valence-corrected chi connectivity index (χ3v) is 4.74. The molecule has 0 aliphatic carbocycles. The minimum Gasteiger partial charge on any atom is -0.496 e. The van der Waals surface area contributed by atoms with Crippen LogP contribution in [0.4, 0.5) is 4.39 Å². The molecule has 5 nitrogen and oxygen atoms in total. The molecule has 2 saturated heterocycles. The lowest BCUT2D eigenvalue weighted by Gasteiger charge is -2.32. The van der Waals surface area contributed by atoms with Gasteiger partial charge >= 0.3 is 0 Å². The predicted molar refractivity (Wildman–Crippen MR) is 94.3 cm³/mol. The van der Waals surface area contributed by atoms with Crippen LogP contribution >= 0.6 is 0 Å². The molecular formula is C19H25FN2O3. The fourth-order valence-electron chi connectivity index (χ4n) is 3.42. The number of morpholine rings is 1. The molecule has 136 valence electrons. The number of carbonyl (C=O) groups is 1. The molecule has 2 aliphatic heterocycles. The monoisotopic (exact) mass is 348 g/mol. The van der Waals surface area contributed by atoms with Gasteiger partial charge in [-0.05, 0) is 6.07 Å². The van der Waals surface area contributed by atoms with Crippen LogP contribution in [0, 0.1) is 0 Å². The van der Waals surface area contributed by atoms with Crippen molar-refractivity contribution in [1.29, 1.82) is 0 Å². The van der Waals surface area contributed by atoms with Crippen molar-refractivity contribution in [2.75, 3.05) is 46.5 Å². The second-order valence-electron chi connectivity index (χ2n) is 6.38. The summed E-state index contributed by atoms with van der Waals surface area (Å²) in [4.78, 5) is 16.4. The number of halogens is 1. The number of nitrogens with zero attached hydrogens (tertiary/aromatic N) is 2. The second-order valence-corrected chi connectivity index (χ2v) is 6.38. The molecule has 0 radical (unpaired) electrons. The van der Waals surface area contributed by atoms with Crippen molar-refractivity contribution in [2.45, 2.75) is 18.6 Å². The Morgan fingerprint density at radius 1 is 1.36 bits per heavy atom. The number of methoxy groups -OCH3 is 1. The fourth-order valence-corrected chi connectivity index (χ4v) is 3.42. The van der Waals surface area contributed by atoms with Crippen molar-refractivity contribution in [2.24, 2.45) is 0 Å². The van der Waals surface area contributed by atoms with E-state index in [4.69, 9.17) is 9.47 Å². The normalized spacial score (nSPS) is 24.8. The standard InChI is InChI=1S/C19H25FN2O3/c1-24-18-7-3-2-5-15(18)6-4-8-22-14-16(20)13-17(22)19(23)21-9-11-25-12-10-21/h2-7,16-17H,8-14H2,1H3/b6-4+/t16-,17+/m1/s1. The lowest BCUT2D eigenvalue weighted by atomic mass is 10.1. The number of para-hydroxylation sites is 1. The van der Waals surface area contributed by atoms with Gasteiger partial charge in [-0.25, -0.2) is 4.39 Å². The van der Waals surface area contributed by atoms with Crippen LogP contribution in [0.25, 0.3) is 6.08 Å². The highest BCUT2D eigenvalue weighted by atomic mass is 19.1. The van der Waals surface area contributed by atoms with Gasteiger partial charge in [0.1, 0.15) is 11.9 Å². The molecule has 1 aromatic carbocycles. The minimum atomic E-state index is -0.949. The van der Waals surface area contributed by atoms with Crippen LogP contribution in [0.2, 0.25) is 0 Å². The quantitative estimate of drug-likeness (QED) is 0.816. The molecule has 2 atom stereocenters. The highest BCUT2D eigenvalue weighted by molar-refractivity contribution is 5.82. The van der Waals surface area contributed by atoms with Crippen LogP contribution < -0.4 is 4.74 Å². The topological polar surface area (TPSA) is 42.0 Å². The van der Waals surface area contributed by atoms with Gasteiger partial charge in [0.05, 0.1) is 26.4 Å². The van der Waals surface area contributed by atoms with E-state index < -0.39 is 6.17 Å². The van der Waals surface area contributed by atoms with Gasteiger partial charge in [-0.1, -0.05) is 30.4 Å². The van der Waals surface area contributed by atoms with Crippen LogP contribution in [0.15, 0.2) is 30.3 Å². The second kappa shape index (κ2) is 8.45. The van der Waals surface area contributed by atoms with E-state index in [9.17, 15) is 9.18 Å². The molecule has 2 fully saturated rings. The Labute approximate surface area is 148 Å². The smallest absolute Gasteiger partial charge is 0.240 e. The average Bonchev–Trinajstić information content (AvgIpc) is 3.03. The maximum absolute atomic E-state index is 13.9. The lowest BCUT2D eigenvalue weighted by Crippen LogP contribution is -2.49. The van der Waals surface area contributed by atoms with Crippen LogP contribution in [-0.2, 0) is 9.53 Å². The van der Waals surface area contributed by atoms with Crippen LogP contribution in [0.3, 0.4) is 0 Å². The Bertz CT molecular complexity index is 616. The summed E-state index contributed by atoms with van der Waals surface area (Å²) >= 11 is 0. The maximum Gasteiger partial charge on any atom is 0.240 e. The summed E-state index contributed by atoms with van der Waals surface area (Å²) in [6.07, 6.45) is 3.25. The first-order valence-corrected chi connectivity index (χ1v) is 8.73. The molecule has 0 spiro atoms. The summed E-state index contributed by atoms with van der Waals surface area (Å²) in [6, 6.07) is 7.35. The number of alkyl halides is 1. The Morgan fingerprint density at radius 2 is 2.12 bits per heavy atom. The van der Waals surface area contributed by atoms with Gasteiger partial charge in [0.25, 0.3) is 0 Å². The van der Waals surface area contributed by atoms with E-state index in [1.165, 1.54) is 0 Å². The van der Waals surface area contributed by atoms with E-state index in [0.717, 1.165) is 11.3 Å². The molecule has 0 N–H and O–H groups in total. The molecule has 6 heteroatoms. The molecule has 0 unspecified atom stereocenters. The predicted octanol–water partition coefficient (Wildman–Crippen LogP) is 1.98. The van der Waals surface area contributed by atoms with Gasteiger partial charge in [-0.3, -0.25) is 9.69 Å². The molecule has 25 heavy (non-hydrogen) atoms. The number of amides is 1. The van der Waals surface area contributed by atoms with Gasteiger partial charge in [0, 0.05) is 38.2 Å². The number of rotatable bonds is 5. The number of likely N-dealkylation sites (tertiary alicyclic amines) is 1. The zero-order chi connectivity index (χ0) is 17.6. The molecule has 1 amide bonds. The summed E-state index contributed by atoms with van der Waals surface area (Å²) in [6.45, 7) is 3.15. The van der Waals surface area contributed by atoms with Gasteiger partial charge in [-0.2, -0.15) is 0 Å². The SMILES string of the molecule is COc1ccccc1/C=C/CN1C[C@H](F)C[C@H]1C(=O)N1CCOCC1. The first-order chi connectivity index (χ1) is 12.2. The average molecular weight is 348 g/mol. The van der Waals surface area contributed by atoms with E-state index in [1.807, 2.05) is 41.3 Å². The highest BCUT2D eigenvalue weighted by Crippen LogP contribution is 2.23. The van der Waals surface area contributed by atoms with E-state index in [1.54, 1.807) is 12.0 Å². The van der Waals surface area contributed by atoms with E-state index in [2.05, 4.69) is 0 Å². The number of carbonyl (C=O) groups excluding carboxylic acids is 1. The summed E-state index contributed by atoms with van der Waals surface area (Å²) in [5, 5.41) is 0. The Kier molecular flexibility index (Phi) is 6.04. The summed E-state index contributed by atoms with van der Waals surface area (Å²) in [5.41, 5.74) is 0.969. The number of benzene rings is 1. The van der Waals surface area contributed by atoms with Crippen LogP contribution in [0.5, 0.6) is 5.75 Å². The number of ether oxygens (including phenoxy) is 2. The number of hydrogen-bond acceptors (Lipinski definition) is 4. The van der Waals surface area contributed by atoms with E-state index in [-0.39, 0.29) is 18.4 Å². The molecular weight excluding hydrogens is 323 g/mol. The van der Waals surface area contributed by atoms with Crippen molar-refractivity contribution in [3.63, 3.8) is 0 Å². The molecule has 0 saturated carbocycles. The van der Waals surface area contributed by atoms with Gasteiger partial charge in [0.15, 0.2) is 0 Å². The van der Waals surface area contributed by atoms with E-state index in [0.29, 0.717) is 39.4 Å². The summed E-state index contributed by atoms with van der Waals surface area (Å²) in [5.74, 6) is 0.818. The highest BCUT2D eigenvalue weighted by Gasteiger charge is 2.38. The summed E-state index contributed by atoms with van der Waals surface area (Å²) < 4.78 is 24.6. The minimum absolute atomic E-state index is 0.0224. The number of hydrogen-bond donors (Lipinski definition) is 0. The fraction of sp³-hybridized carbons (Fsp3) is 0.526. The maximum atomic E-state index is 13.9. The largest absolute Gasteiger partial charge is 0.496 e. The zero-order valence-corrected chi connectivity index (χ0v) is 14.6.